The zero-order valence-electron chi connectivity index (χ0n) is 9.65. The van der Waals surface area contributed by atoms with E-state index in [-0.39, 0.29) is 5.82 Å². The van der Waals surface area contributed by atoms with Crippen molar-refractivity contribution in [2.75, 3.05) is 17.6 Å². The van der Waals surface area contributed by atoms with Crippen molar-refractivity contribution in [1.82, 2.24) is 9.78 Å². The van der Waals surface area contributed by atoms with Gasteiger partial charge >= 0.3 is 0 Å². The van der Waals surface area contributed by atoms with E-state index in [2.05, 4.69) is 10.4 Å². The van der Waals surface area contributed by atoms with Crippen LogP contribution < -0.4 is 11.1 Å². The predicted octanol–water partition coefficient (Wildman–Crippen LogP) is 1.80. The molecular weight excluding hydrogens is 219 g/mol. The monoisotopic (exact) mass is 234 g/mol. The van der Waals surface area contributed by atoms with Gasteiger partial charge in [-0.1, -0.05) is 0 Å². The summed E-state index contributed by atoms with van der Waals surface area (Å²) >= 11 is 0. The molecule has 2 aromatic rings. The lowest BCUT2D eigenvalue weighted by atomic mass is 10.2. The summed E-state index contributed by atoms with van der Waals surface area (Å²) < 4.78 is 14.8. The number of halogens is 1. The third-order valence-electron chi connectivity index (χ3n) is 2.40. The molecule has 0 saturated carbocycles. The number of nitrogen functional groups attached to an aromatic ring is 1. The van der Waals surface area contributed by atoms with Crippen molar-refractivity contribution >= 4 is 11.4 Å². The molecule has 2 rings (SSSR count). The average molecular weight is 234 g/mol. The molecule has 1 aromatic heterocycles. The molecule has 90 valence electrons. The van der Waals surface area contributed by atoms with Crippen LogP contribution in [0, 0.1) is 5.82 Å². The Morgan fingerprint density at radius 1 is 1.41 bits per heavy atom. The summed E-state index contributed by atoms with van der Waals surface area (Å²) in [5, 5.41) is 7.37. The highest BCUT2D eigenvalue weighted by atomic mass is 19.1. The van der Waals surface area contributed by atoms with E-state index >= 15 is 0 Å². The van der Waals surface area contributed by atoms with Gasteiger partial charge in [0.25, 0.3) is 0 Å². The molecule has 0 saturated heterocycles. The number of benzene rings is 1. The number of rotatable bonds is 4. The minimum absolute atomic E-state index is 0.328. The predicted molar refractivity (Wildman–Crippen MR) is 66.2 cm³/mol. The Balaban J connectivity index is 1.89. The number of nitrogens with zero attached hydrogens (tertiary/aromatic N) is 2. The van der Waals surface area contributed by atoms with Crippen LogP contribution in [-0.4, -0.2) is 16.3 Å². The van der Waals surface area contributed by atoms with Crippen LogP contribution in [0.25, 0.3) is 0 Å². The third-order valence-corrected chi connectivity index (χ3v) is 2.40. The van der Waals surface area contributed by atoms with E-state index in [0.29, 0.717) is 17.9 Å². The van der Waals surface area contributed by atoms with E-state index in [0.717, 1.165) is 12.1 Å². The molecule has 0 unspecified atom stereocenters. The molecule has 0 aliphatic carbocycles. The molecule has 5 heteroatoms. The lowest BCUT2D eigenvalue weighted by Gasteiger charge is -2.06. The molecule has 1 heterocycles. The number of anilines is 2. The third kappa shape index (κ3) is 3.21. The van der Waals surface area contributed by atoms with Gasteiger partial charge in [-0.05, 0) is 24.3 Å². The van der Waals surface area contributed by atoms with E-state index in [4.69, 9.17) is 5.73 Å². The fraction of sp³-hybridized carbons (Fsp3) is 0.250. The molecule has 0 bridgehead atoms. The largest absolute Gasteiger partial charge is 0.399 e. The second-order valence-corrected chi connectivity index (χ2v) is 3.93. The second kappa shape index (κ2) is 4.86. The summed E-state index contributed by atoms with van der Waals surface area (Å²) in [5.41, 5.74) is 7.67. The number of hydrogen-bond donors (Lipinski definition) is 2. The SMILES string of the molecule is Cn1ccc(CCNc2cc(N)cc(F)c2)n1. The molecular formula is C12H15FN4. The van der Waals surface area contributed by atoms with Gasteiger partial charge in [-0.15, -0.1) is 0 Å². The van der Waals surface area contributed by atoms with Crippen LogP contribution in [-0.2, 0) is 13.5 Å². The summed E-state index contributed by atoms with van der Waals surface area (Å²) in [5.74, 6) is -0.328. The van der Waals surface area contributed by atoms with Crippen molar-refractivity contribution in [3.63, 3.8) is 0 Å². The van der Waals surface area contributed by atoms with Crippen molar-refractivity contribution < 1.29 is 4.39 Å². The average Bonchev–Trinajstić information content (AvgIpc) is 2.63. The Labute approximate surface area is 99.2 Å². The molecule has 0 amide bonds. The highest BCUT2D eigenvalue weighted by molar-refractivity contribution is 5.54. The summed E-state index contributed by atoms with van der Waals surface area (Å²) in [6, 6.07) is 6.39. The zero-order chi connectivity index (χ0) is 12.3. The number of aryl methyl sites for hydroxylation is 1. The molecule has 0 spiro atoms. The van der Waals surface area contributed by atoms with E-state index < -0.39 is 0 Å². The van der Waals surface area contributed by atoms with E-state index in [1.54, 1.807) is 10.7 Å². The zero-order valence-corrected chi connectivity index (χ0v) is 9.65. The van der Waals surface area contributed by atoms with Gasteiger partial charge in [0.15, 0.2) is 0 Å². The van der Waals surface area contributed by atoms with Gasteiger partial charge in [-0.2, -0.15) is 5.10 Å². The van der Waals surface area contributed by atoms with Gasteiger partial charge in [0.1, 0.15) is 5.82 Å². The Bertz CT molecular complexity index is 487. The van der Waals surface area contributed by atoms with Gasteiger partial charge in [0.2, 0.25) is 0 Å². The molecule has 3 N–H and O–H groups in total. The van der Waals surface area contributed by atoms with Crippen LogP contribution in [0.4, 0.5) is 15.8 Å². The number of hydrogen-bond acceptors (Lipinski definition) is 3. The number of aromatic nitrogens is 2. The van der Waals surface area contributed by atoms with Crippen LogP contribution in [0.3, 0.4) is 0 Å². The Hall–Kier alpha value is -2.04. The van der Waals surface area contributed by atoms with Crippen molar-refractivity contribution in [2.45, 2.75) is 6.42 Å². The first-order valence-electron chi connectivity index (χ1n) is 5.42. The first-order valence-corrected chi connectivity index (χ1v) is 5.42. The molecule has 0 aliphatic rings. The quantitative estimate of drug-likeness (QED) is 0.793. The van der Waals surface area contributed by atoms with Crippen molar-refractivity contribution in [2.24, 2.45) is 7.05 Å². The van der Waals surface area contributed by atoms with Crippen LogP contribution >= 0.6 is 0 Å². The maximum Gasteiger partial charge on any atom is 0.127 e. The van der Waals surface area contributed by atoms with Crippen molar-refractivity contribution in [3.8, 4) is 0 Å². The topological polar surface area (TPSA) is 55.9 Å². The summed E-state index contributed by atoms with van der Waals surface area (Å²) in [6.45, 7) is 0.694. The summed E-state index contributed by atoms with van der Waals surface area (Å²) in [6.07, 6.45) is 2.69. The van der Waals surface area contributed by atoms with Gasteiger partial charge in [-0.3, -0.25) is 4.68 Å². The minimum atomic E-state index is -0.328. The first-order chi connectivity index (χ1) is 8.13. The molecule has 0 aliphatic heterocycles. The summed E-state index contributed by atoms with van der Waals surface area (Å²) in [7, 11) is 1.88. The standard InChI is InChI=1S/C12H15FN4/c1-17-5-3-11(16-17)2-4-15-12-7-9(13)6-10(14)8-12/h3,5-8,15H,2,4,14H2,1H3. The van der Waals surface area contributed by atoms with E-state index in [9.17, 15) is 4.39 Å². The van der Waals surface area contributed by atoms with Crippen LogP contribution in [0.15, 0.2) is 30.5 Å². The molecule has 17 heavy (non-hydrogen) atoms. The second-order valence-electron chi connectivity index (χ2n) is 3.93. The fourth-order valence-corrected chi connectivity index (χ4v) is 1.65. The van der Waals surface area contributed by atoms with Crippen LogP contribution in [0.1, 0.15) is 5.69 Å². The molecule has 1 aromatic carbocycles. The smallest absolute Gasteiger partial charge is 0.127 e. The maximum absolute atomic E-state index is 13.0. The Morgan fingerprint density at radius 2 is 2.24 bits per heavy atom. The maximum atomic E-state index is 13.0. The van der Waals surface area contributed by atoms with Gasteiger partial charge in [-0.25, -0.2) is 4.39 Å². The number of nitrogens with two attached hydrogens (primary N) is 1. The fourth-order valence-electron chi connectivity index (χ4n) is 1.65. The highest BCUT2D eigenvalue weighted by Gasteiger charge is 1.99. The molecule has 0 radical (unpaired) electrons. The normalized spacial score (nSPS) is 10.5. The van der Waals surface area contributed by atoms with Gasteiger partial charge in [0, 0.05) is 37.6 Å². The van der Waals surface area contributed by atoms with Crippen molar-refractivity contribution in [1.29, 1.82) is 0 Å². The van der Waals surface area contributed by atoms with Crippen molar-refractivity contribution in [3.05, 3.63) is 42.0 Å². The Morgan fingerprint density at radius 3 is 2.88 bits per heavy atom. The van der Waals surface area contributed by atoms with E-state index in [1.165, 1.54) is 12.1 Å². The van der Waals surface area contributed by atoms with E-state index in [1.807, 2.05) is 19.3 Å². The number of nitrogens with one attached hydrogen (secondary N) is 1. The highest BCUT2D eigenvalue weighted by Crippen LogP contribution is 2.15. The minimum Gasteiger partial charge on any atom is -0.399 e. The van der Waals surface area contributed by atoms with Crippen LogP contribution in [0.2, 0.25) is 0 Å². The van der Waals surface area contributed by atoms with Crippen LogP contribution in [0.5, 0.6) is 0 Å². The molecule has 0 atom stereocenters. The first kappa shape index (κ1) is 11.4. The molecule has 4 nitrogen and oxygen atoms in total. The Kier molecular flexibility index (Phi) is 3.27. The lowest BCUT2D eigenvalue weighted by molar-refractivity contribution is 0.629. The molecule has 0 fully saturated rings. The van der Waals surface area contributed by atoms with Gasteiger partial charge in [0.05, 0.1) is 5.69 Å². The van der Waals surface area contributed by atoms with Gasteiger partial charge < -0.3 is 11.1 Å². The summed E-state index contributed by atoms with van der Waals surface area (Å²) in [4.78, 5) is 0. The lowest BCUT2D eigenvalue weighted by Crippen LogP contribution is -2.06.